The molecular weight excluding hydrogens is 395 g/mol. The molecule has 0 aliphatic rings. The van der Waals surface area contributed by atoms with Crippen LogP contribution in [0.5, 0.6) is 11.8 Å². The number of hydrogen-bond donors (Lipinski definition) is 0. The average molecular weight is 417 g/mol. The lowest BCUT2D eigenvalue weighted by Crippen LogP contribution is -2.19. The largest absolute Gasteiger partial charge is 0.494 e. The van der Waals surface area contributed by atoms with Crippen LogP contribution < -0.4 is 14.4 Å². The number of alkyl halides is 3. The second kappa shape index (κ2) is 9.47. The summed E-state index contributed by atoms with van der Waals surface area (Å²) in [6.07, 6.45) is -3.04. The Labute approximate surface area is 173 Å². The smallest absolute Gasteiger partial charge is 0.421 e. The minimum atomic E-state index is -4.61. The molecule has 0 bridgehead atoms. The van der Waals surface area contributed by atoms with Gasteiger partial charge in [-0.15, -0.1) is 0 Å². The van der Waals surface area contributed by atoms with Crippen molar-refractivity contribution in [2.45, 2.75) is 26.1 Å². The minimum absolute atomic E-state index is 0.132. The van der Waals surface area contributed by atoms with Crippen molar-refractivity contribution in [3.05, 3.63) is 71.9 Å². The van der Waals surface area contributed by atoms with Crippen LogP contribution in [-0.2, 0) is 12.8 Å². The molecule has 0 N–H and O–H groups in total. The monoisotopic (exact) mass is 417 g/mol. The summed E-state index contributed by atoms with van der Waals surface area (Å²) >= 11 is 0. The van der Waals surface area contributed by atoms with Crippen molar-refractivity contribution < 1.29 is 22.6 Å². The lowest BCUT2D eigenvalue weighted by Gasteiger charge is -2.23. The first kappa shape index (κ1) is 21.4. The fourth-order valence-electron chi connectivity index (χ4n) is 2.73. The number of aromatic nitrogens is 2. The first-order valence-corrected chi connectivity index (χ1v) is 9.46. The van der Waals surface area contributed by atoms with Gasteiger partial charge in [-0.3, -0.25) is 0 Å². The van der Waals surface area contributed by atoms with Crippen LogP contribution in [0.15, 0.2) is 60.8 Å². The summed E-state index contributed by atoms with van der Waals surface area (Å²) in [7, 11) is 1.51. The zero-order valence-electron chi connectivity index (χ0n) is 16.7. The summed E-state index contributed by atoms with van der Waals surface area (Å²) in [6, 6.07) is 15.9. The van der Waals surface area contributed by atoms with E-state index in [1.165, 1.54) is 11.9 Å². The van der Waals surface area contributed by atoms with Crippen molar-refractivity contribution in [3.8, 4) is 11.8 Å². The minimum Gasteiger partial charge on any atom is -0.494 e. The SMILES string of the molecule is CCCOc1cccc(N(C)c2nc(OCc3ccccc3)ncc2C(F)(F)F)c1. The van der Waals surface area contributed by atoms with E-state index >= 15 is 0 Å². The Morgan fingerprint density at radius 1 is 1.00 bits per heavy atom. The van der Waals surface area contributed by atoms with E-state index in [0.717, 1.165) is 18.2 Å². The third kappa shape index (κ3) is 5.40. The van der Waals surface area contributed by atoms with Crippen molar-refractivity contribution in [2.24, 2.45) is 0 Å². The van der Waals surface area contributed by atoms with Crippen molar-refractivity contribution in [1.82, 2.24) is 9.97 Å². The second-order valence-corrected chi connectivity index (χ2v) is 6.57. The lowest BCUT2D eigenvalue weighted by molar-refractivity contribution is -0.137. The highest BCUT2D eigenvalue weighted by atomic mass is 19.4. The molecule has 0 aliphatic heterocycles. The molecule has 5 nitrogen and oxygen atoms in total. The van der Waals surface area contributed by atoms with Crippen molar-refractivity contribution in [3.63, 3.8) is 0 Å². The number of halogens is 3. The van der Waals surface area contributed by atoms with Gasteiger partial charge in [0, 0.05) is 25.0 Å². The van der Waals surface area contributed by atoms with Gasteiger partial charge >= 0.3 is 12.2 Å². The number of nitrogens with zero attached hydrogens (tertiary/aromatic N) is 3. The van der Waals surface area contributed by atoms with Gasteiger partial charge in [-0.25, -0.2) is 4.98 Å². The molecule has 0 saturated heterocycles. The number of rotatable bonds is 8. The standard InChI is InChI=1S/C22H22F3N3O2/c1-3-12-29-18-11-7-10-17(13-18)28(2)20-19(22(23,24)25)14-26-21(27-20)30-15-16-8-5-4-6-9-16/h4-11,13-14H,3,12,15H2,1-2H3. The predicted octanol–water partition coefficient (Wildman–Crippen LogP) is 5.63. The lowest BCUT2D eigenvalue weighted by atomic mass is 10.2. The van der Waals surface area contributed by atoms with Gasteiger partial charge in [-0.1, -0.05) is 43.3 Å². The van der Waals surface area contributed by atoms with Crippen LogP contribution in [0.4, 0.5) is 24.7 Å². The van der Waals surface area contributed by atoms with E-state index < -0.39 is 11.7 Å². The molecule has 30 heavy (non-hydrogen) atoms. The van der Waals surface area contributed by atoms with Crippen LogP contribution in [0.3, 0.4) is 0 Å². The van der Waals surface area contributed by atoms with Gasteiger partial charge in [0.2, 0.25) is 0 Å². The first-order valence-electron chi connectivity index (χ1n) is 9.46. The van der Waals surface area contributed by atoms with Crippen molar-refractivity contribution in [1.29, 1.82) is 0 Å². The van der Waals surface area contributed by atoms with E-state index in [-0.39, 0.29) is 18.4 Å². The highest BCUT2D eigenvalue weighted by Gasteiger charge is 2.36. The van der Waals surface area contributed by atoms with Crippen LogP contribution in [0, 0.1) is 0 Å². The number of benzene rings is 2. The van der Waals surface area contributed by atoms with Gasteiger partial charge in [0.15, 0.2) is 5.82 Å². The maximum Gasteiger partial charge on any atom is 0.421 e. The van der Waals surface area contributed by atoms with Crippen LogP contribution in [-0.4, -0.2) is 23.6 Å². The molecule has 1 heterocycles. The van der Waals surface area contributed by atoms with Gasteiger partial charge in [0.25, 0.3) is 0 Å². The number of ether oxygens (including phenoxy) is 2. The summed E-state index contributed by atoms with van der Waals surface area (Å²) in [5.74, 6) is 0.276. The van der Waals surface area contributed by atoms with Gasteiger partial charge in [0.1, 0.15) is 17.9 Å². The highest BCUT2D eigenvalue weighted by Crippen LogP contribution is 2.38. The molecule has 0 atom stereocenters. The van der Waals surface area contributed by atoms with E-state index in [2.05, 4.69) is 9.97 Å². The molecule has 3 rings (SSSR count). The van der Waals surface area contributed by atoms with E-state index in [1.807, 2.05) is 37.3 Å². The van der Waals surface area contributed by atoms with E-state index in [1.54, 1.807) is 24.3 Å². The maximum atomic E-state index is 13.6. The predicted molar refractivity (Wildman–Crippen MR) is 108 cm³/mol. The van der Waals surface area contributed by atoms with E-state index in [4.69, 9.17) is 9.47 Å². The van der Waals surface area contributed by atoms with Gasteiger partial charge in [-0.05, 0) is 24.1 Å². The Morgan fingerprint density at radius 3 is 2.47 bits per heavy atom. The van der Waals surface area contributed by atoms with Gasteiger partial charge in [0.05, 0.1) is 6.61 Å². The molecule has 0 unspecified atom stereocenters. The molecule has 0 spiro atoms. The van der Waals surface area contributed by atoms with Crippen LogP contribution in [0.2, 0.25) is 0 Å². The average Bonchev–Trinajstić information content (AvgIpc) is 2.76. The molecule has 158 valence electrons. The Balaban J connectivity index is 1.90. The third-order valence-corrected chi connectivity index (χ3v) is 4.26. The molecule has 0 amide bonds. The molecule has 1 aromatic heterocycles. The quantitative estimate of drug-likeness (QED) is 0.475. The number of anilines is 2. The molecule has 8 heteroatoms. The molecule has 0 fully saturated rings. The Kier molecular flexibility index (Phi) is 6.76. The normalized spacial score (nSPS) is 11.2. The summed E-state index contributed by atoms with van der Waals surface area (Å²) in [4.78, 5) is 9.15. The van der Waals surface area contributed by atoms with Gasteiger partial charge in [-0.2, -0.15) is 18.2 Å². The zero-order chi connectivity index (χ0) is 21.6. The van der Waals surface area contributed by atoms with Crippen molar-refractivity contribution in [2.75, 3.05) is 18.6 Å². The van der Waals surface area contributed by atoms with Crippen LogP contribution in [0.1, 0.15) is 24.5 Å². The zero-order valence-corrected chi connectivity index (χ0v) is 16.7. The molecular formula is C22H22F3N3O2. The third-order valence-electron chi connectivity index (χ3n) is 4.26. The van der Waals surface area contributed by atoms with Crippen LogP contribution in [0.25, 0.3) is 0 Å². The molecule has 3 aromatic rings. The maximum absolute atomic E-state index is 13.6. The Hall–Kier alpha value is -3.29. The fraction of sp³-hybridized carbons (Fsp3) is 0.273. The fourth-order valence-corrected chi connectivity index (χ4v) is 2.73. The first-order chi connectivity index (χ1) is 14.4. The summed E-state index contributed by atoms with van der Waals surface area (Å²) in [5.41, 5.74) is 0.412. The van der Waals surface area contributed by atoms with Crippen LogP contribution >= 0.6 is 0 Å². The summed E-state index contributed by atoms with van der Waals surface area (Å²) in [6.45, 7) is 2.64. The molecule has 0 saturated carbocycles. The van der Waals surface area contributed by atoms with Crippen molar-refractivity contribution >= 4 is 11.5 Å². The topological polar surface area (TPSA) is 47.5 Å². The van der Waals surface area contributed by atoms with E-state index in [9.17, 15) is 13.2 Å². The Morgan fingerprint density at radius 2 is 1.77 bits per heavy atom. The molecule has 2 aromatic carbocycles. The van der Waals surface area contributed by atoms with E-state index in [0.29, 0.717) is 18.0 Å². The summed E-state index contributed by atoms with van der Waals surface area (Å²) in [5, 5.41) is 0. The summed E-state index contributed by atoms with van der Waals surface area (Å²) < 4.78 is 51.8. The number of hydrogen-bond acceptors (Lipinski definition) is 5. The molecule has 0 radical (unpaired) electrons. The Bertz CT molecular complexity index is 965. The van der Waals surface area contributed by atoms with Gasteiger partial charge < -0.3 is 14.4 Å². The highest BCUT2D eigenvalue weighted by molar-refractivity contribution is 5.64. The second-order valence-electron chi connectivity index (χ2n) is 6.57. The molecule has 0 aliphatic carbocycles.